The Bertz CT molecular complexity index is 669. The number of fused-ring (bicyclic) bond motifs is 1. The quantitative estimate of drug-likeness (QED) is 0.847. The molecule has 0 saturated carbocycles. The Morgan fingerprint density at radius 3 is 2.68 bits per heavy atom. The summed E-state index contributed by atoms with van der Waals surface area (Å²) in [7, 11) is 0. The monoisotopic (exact) mass is 252 g/mol. The highest BCUT2D eigenvalue weighted by Crippen LogP contribution is 2.34. The number of hydrogen-bond acceptors (Lipinski definition) is 2. The van der Waals surface area contributed by atoms with Gasteiger partial charge >= 0.3 is 0 Å². The van der Waals surface area contributed by atoms with Gasteiger partial charge in [-0.2, -0.15) is 0 Å². The largest absolute Gasteiger partial charge is 0.325 e. The first-order chi connectivity index (χ1) is 9.06. The van der Waals surface area contributed by atoms with Crippen molar-refractivity contribution in [2.24, 2.45) is 0 Å². The van der Waals surface area contributed by atoms with E-state index in [2.05, 4.69) is 29.4 Å². The van der Waals surface area contributed by atoms with Gasteiger partial charge in [0.15, 0.2) is 0 Å². The number of nitrogens with zero attached hydrogens (tertiary/aromatic N) is 1. The number of aromatic nitrogens is 1. The zero-order valence-electron chi connectivity index (χ0n) is 11.4. The van der Waals surface area contributed by atoms with Gasteiger partial charge in [-0.15, -0.1) is 0 Å². The molecule has 1 aromatic heterocycles. The summed E-state index contributed by atoms with van der Waals surface area (Å²) in [4.78, 5) is 15.9. The second-order valence-corrected chi connectivity index (χ2v) is 5.14. The third-order valence-corrected chi connectivity index (χ3v) is 3.67. The minimum Gasteiger partial charge on any atom is -0.325 e. The van der Waals surface area contributed by atoms with E-state index in [9.17, 15) is 4.79 Å². The van der Waals surface area contributed by atoms with E-state index in [-0.39, 0.29) is 5.91 Å². The van der Waals surface area contributed by atoms with E-state index in [4.69, 9.17) is 0 Å². The zero-order valence-corrected chi connectivity index (χ0v) is 11.4. The van der Waals surface area contributed by atoms with Gasteiger partial charge in [0, 0.05) is 23.1 Å². The second kappa shape index (κ2) is 4.19. The number of benzene rings is 1. The summed E-state index contributed by atoms with van der Waals surface area (Å²) in [6, 6.07) is 6.26. The minimum atomic E-state index is 0.0786. The van der Waals surface area contributed by atoms with Crippen LogP contribution < -0.4 is 5.32 Å². The Kier molecular flexibility index (Phi) is 2.63. The summed E-state index contributed by atoms with van der Waals surface area (Å²) >= 11 is 0. The highest BCUT2D eigenvalue weighted by molar-refractivity contribution is 6.00. The molecule has 0 radical (unpaired) electrons. The lowest BCUT2D eigenvalue weighted by Gasteiger charge is -2.12. The summed E-state index contributed by atoms with van der Waals surface area (Å²) in [6.45, 7) is 6.15. The van der Waals surface area contributed by atoms with Crippen molar-refractivity contribution in [1.82, 2.24) is 4.98 Å². The van der Waals surface area contributed by atoms with E-state index in [0.717, 1.165) is 28.1 Å². The number of amides is 1. The Labute approximate surface area is 112 Å². The first-order valence-corrected chi connectivity index (χ1v) is 6.42. The van der Waals surface area contributed by atoms with Crippen LogP contribution in [0.25, 0.3) is 11.1 Å². The van der Waals surface area contributed by atoms with Gasteiger partial charge in [0.05, 0.1) is 6.42 Å². The second-order valence-electron chi connectivity index (χ2n) is 5.14. The first-order valence-electron chi connectivity index (χ1n) is 6.42. The third kappa shape index (κ3) is 1.91. The predicted molar refractivity (Wildman–Crippen MR) is 76.2 cm³/mol. The minimum absolute atomic E-state index is 0.0786. The molecule has 0 bridgehead atoms. The summed E-state index contributed by atoms with van der Waals surface area (Å²) in [5.74, 6) is 0.0786. The van der Waals surface area contributed by atoms with Gasteiger partial charge in [0.1, 0.15) is 0 Å². The lowest BCUT2D eigenvalue weighted by atomic mass is 9.95. The number of rotatable bonds is 1. The van der Waals surface area contributed by atoms with Crippen LogP contribution in [-0.2, 0) is 11.2 Å². The number of aryl methyl sites for hydroxylation is 3. The van der Waals surface area contributed by atoms with Gasteiger partial charge < -0.3 is 5.32 Å². The average molecular weight is 252 g/mol. The molecule has 3 rings (SSSR count). The topological polar surface area (TPSA) is 42.0 Å². The molecule has 0 spiro atoms. The van der Waals surface area contributed by atoms with Crippen LogP contribution in [-0.4, -0.2) is 10.9 Å². The number of carbonyl (C=O) groups is 1. The predicted octanol–water partition coefficient (Wildman–Crippen LogP) is 3.17. The van der Waals surface area contributed by atoms with Crippen molar-refractivity contribution in [3.8, 4) is 11.1 Å². The first kappa shape index (κ1) is 11.9. The lowest BCUT2D eigenvalue weighted by molar-refractivity contribution is -0.115. The molecule has 0 unspecified atom stereocenters. The molecule has 1 aromatic carbocycles. The molecule has 96 valence electrons. The highest BCUT2D eigenvalue weighted by atomic mass is 16.1. The van der Waals surface area contributed by atoms with Crippen molar-refractivity contribution < 1.29 is 4.79 Å². The van der Waals surface area contributed by atoms with Gasteiger partial charge in [-0.05, 0) is 61.2 Å². The van der Waals surface area contributed by atoms with Gasteiger partial charge in [0.2, 0.25) is 5.91 Å². The van der Waals surface area contributed by atoms with E-state index in [0.29, 0.717) is 6.42 Å². The van der Waals surface area contributed by atoms with E-state index in [1.807, 2.05) is 26.1 Å². The van der Waals surface area contributed by atoms with Crippen molar-refractivity contribution >= 4 is 11.6 Å². The smallest absolute Gasteiger partial charge is 0.228 e. The molecule has 1 aliphatic rings. The third-order valence-electron chi connectivity index (χ3n) is 3.67. The number of anilines is 1. The van der Waals surface area contributed by atoms with Crippen LogP contribution in [0.3, 0.4) is 0 Å². The van der Waals surface area contributed by atoms with Crippen LogP contribution >= 0.6 is 0 Å². The average Bonchev–Trinajstić information content (AvgIpc) is 2.70. The van der Waals surface area contributed by atoms with Gasteiger partial charge in [-0.25, -0.2) is 0 Å². The van der Waals surface area contributed by atoms with Crippen LogP contribution in [0.1, 0.15) is 22.4 Å². The van der Waals surface area contributed by atoms with E-state index < -0.39 is 0 Å². The lowest BCUT2D eigenvalue weighted by Crippen LogP contribution is -2.04. The molecule has 0 atom stereocenters. The molecule has 1 amide bonds. The van der Waals surface area contributed by atoms with Crippen LogP contribution in [0.15, 0.2) is 24.4 Å². The van der Waals surface area contributed by atoms with E-state index >= 15 is 0 Å². The van der Waals surface area contributed by atoms with Crippen molar-refractivity contribution in [1.29, 1.82) is 0 Å². The summed E-state index contributed by atoms with van der Waals surface area (Å²) < 4.78 is 0. The fourth-order valence-corrected chi connectivity index (χ4v) is 2.81. The molecule has 2 aromatic rings. The molecule has 0 aliphatic carbocycles. The summed E-state index contributed by atoms with van der Waals surface area (Å²) in [6.07, 6.45) is 2.31. The van der Waals surface area contributed by atoms with Crippen molar-refractivity contribution in [3.05, 3.63) is 46.8 Å². The summed E-state index contributed by atoms with van der Waals surface area (Å²) in [5, 5.41) is 2.92. The maximum absolute atomic E-state index is 11.5. The van der Waals surface area contributed by atoms with Crippen LogP contribution in [0.2, 0.25) is 0 Å². The SMILES string of the molecule is Cc1cc(-c2c(C)ccnc2C)cc2c1NC(=O)C2. The van der Waals surface area contributed by atoms with Crippen molar-refractivity contribution in [3.63, 3.8) is 0 Å². The van der Waals surface area contributed by atoms with Crippen molar-refractivity contribution in [2.75, 3.05) is 5.32 Å². The zero-order chi connectivity index (χ0) is 13.6. The Balaban J connectivity index is 2.21. The molecular formula is C16H16N2O. The van der Waals surface area contributed by atoms with E-state index in [1.165, 1.54) is 11.1 Å². The number of pyridine rings is 1. The van der Waals surface area contributed by atoms with Crippen LogP contribution in [0, 0.1) is 20.8 Å². The molecule has 0 saturated heterocycles. The maximum Gasteiger partial charge on any atom is 0.228 e. The fraction of sp³-hybridized carbons (Fsp3) is 0.250. The van der Waals surface area contributed by atoms with Crippen molar-refractivity contribution in [2.45, 2.75) is 27.2 Å². The van der Waals surface area contributed by atoms with Gasteiger partial charge in [-0.1, -0.05) is 0 Å². The van der Waals surface area contributed by atoms with Crippen LogP contribution in [0.5, 0.6) is 0 Å². The standard InChI is InChI=1S/C16H16N2O/c1-9-4-5-17-11(3)15(9)12-6-10(2)16-13(7-12)8-14(19)18-16/h4-7H,8H2,1-3H3,(H,18,19). The molecule has 3 nitrogen and oxygen atoms in total. The molecule has 3 heteroatoms. The Morgan fingerprint density at radius 2 is 1.95 bits per heavy atom. The molecule has 2 heterocycles. The number of carbonyl (C=O) groups excluding carboxylic acids is 1. The molecule has 1 N–H and O–H groups in total. The molecule has 0 fully saturated rings. The molecule has 19 heavy (non-hydrogen) atoms. The van der Waals surface area contributed by atoms with Gasteiger partial charge in [0.25, 0.3) is 0 Å². The Hall–Kier alpha value is -2.16. The number of hydrogen-bond donors (Lipinski definition) is 1. The van der Waals surface area contributed by atoms with Gasteiger partial charge in [-0.3, -0.25) is 9.78 Å². The summed E-state index contributed by atoms with van der Waals surface area (Å²) in [5.41, 5.74) is 7.74. The molecule has 1 aliphatic heterocycles. The maximum atomic E-state index is 11.5. The van der Waals surface area contributed by atoms with Crippen LogP contribution in [0.4, 0.5) is 5.69 Å². The highest BCUT2D eigenvalue weighted by Gasteiger charge is 2.21. The van der Waals surface area contributed by atoms with E-state index in [1.54, 1.807) is 0 Å². The fourth-order valence-electron chi connectivity index (χ4n) is 2.81. The Morgan fingerprint density at radius 1 is 1.16 bits per heavy atom. The normalized spacial score (nSPS) is 13.3. The molecular weight excluding hydrogens is 236 g/mol. The number of nitrogens with one attached hydrogen (secondary N) is 1.